The molecule has 18 heavy (non-hydrogen) atoms. The van der Waals surface area contributed by atoms with E-state index in [1.54, 1.807) is 14.2 Å². The topological polar surface area (TPSA) is 30.5 Å². The molecule has 1 unspecified atom stereocenters. The van der Waals surface area contributed by atoms with Crippen LogP contribution in [0.3, 0.4) is 0 Å². The van der Waals surface area contributed by atoms with Crippen molar-refractivity contribution in [3.05, 3.63) is 28.8 Å². The van der Waals surface area contributed by atoms with Crippen LogP contribution in [0, 0.1) is 0 Å². The lowest BCUT2D eigenvalue weighted by atomic mass is 10.1. The van der Waals surface area contributed by atoms with Crippen molar-refractivity contribution in [2.45, 2.75) is 32.4 Å². The second-order valence-electron chi connectivity index (χ2n) is 4.29. The van der Waals surface area contributed by atoms with Gasteiger partial charge in [0.1, 0.15) is 5.75 Å². The highest BCUT2D eigenvalue weighted by atomic mass is 35.5. The zero-order valence-corrected chi connectivity index (χ0v) is 12.1. The number of nitrogens with one attached hydrogen (secondary N) is 1. The summed E-state index contributed by atoms with van der Waals surface area (Å²) in [4.78, 5) is 0. The van der Waals surface area contributed by atoms with Crippen molar-refractivity contribution in [1.29, 1.82) is 0 Å². The van der Waals surface area contributed by atoms with E-state index >= 15 is 0 Å². The van der Waals surface area contributed by atoms with Crippen LogP contribution < -0.4 is 10.1 Å². The van der Waals surface area contributed by atoms with Crippen molar-refractivity contribution in [3.63, 3.8) is 0 Å². The Hall–Kier alpha value is -0.770. The molecule has 4 heteroatoms. The van der Waals surface area contributed by atoms with Gasteiger partial charge < -0.3 is 14.8 Å². The van der Waals surface area contributed by atoms with Gasteiger partial charge in [-0.2, -0.15) is 0 Å². The Bertz CT molecular complexity index is 352. The molecule has 0 aromatic heterocycles. The van der Waals surface area contributed by atoms with Crippen LogP contribution in [0.15, 0.2) is 18.2 Å². The standard InChI is InChI=1S/C14H22ClNO2/c1-4-5-12(10-17-2)16-9-11-6-7-14(18-3)13(15)8-11/h6-8,12,16H,4-5,9-10H2,1-3H3. The molecule has 1 atom stereocenters. The number of halogens is 1. The first-order chi connectivity index (χ1) is 8.71. The Morgan fingerprint density at radius 1 is 1.33 bits per heavy atom. The fourth-order valence-electron chi connectivity index (χ4n) is 1.88. The average molecular weight is 272 g/mol. The number of hydrogen-bond donors (Lipinski definition) is 1. The maximum absolute atomic E-state index is 6.09. The fraction of sp³-hybridized carbons (Fsp3) is 0.571. The molecule has 0 aliphatic carbocycles. The summed E-state index contributed by atoms with van der Waals surface area (Å²) in [5, 5.41) is 4.13. The first-order valence-electron chi connectivity index (χ1n) is 6.26. The molecule has 0 aliphatic heterocycles. The van der Waals surface area contributed by atoms with Gasteiger partial charge in [0.05, 0.1) is 18.7 Å². The molecule has 0 aliphatic rings. The summed E-state index contributed by atoms with van der Waals surface area (Å²) in [5.41, 5.74) is 1.15. The van der Waals surface area contributed by atoms with Crippen LogP contribution in [0.2, 0.25) is 5.02 Å². The summed E-state index contributed by atoms with van der Waals surface area (Å²) < 4.78 is 10.3. The lowest BCUT2D eigenvalue weighted by Crippen LogP contribution is -2.32. The molecule has 0 bridgehead atoms. The van der Waals surface area contributed by atoms with Crippen molar-refractivity contribution in [2.75, 3.05) is 20.8 Å². The maximum Gasteiger partial charge on any atom is 0.137 e. The minimum Gasteiger partial charge on any atom is -0.495 e. The van der Waals surface area contributed by atoms with Crippen molar-refractivity contribution in [2.24, 2.45) is 0 Å². The van der Waals surface area contributed by atoms with Gasteiger partial charge >= 0.3 is 0 Å². The molecule has 3 nitrogen and oxygen atoms in total. The minimum absolute atomic E-state index is 0.390. The van der Waals surface area contributed by atoms with Crippen LogP contribution in [0.25, 0.3) is 0 Å². The van der Waals surface area contributed by atoms with E-state index in [4.69, 9.17) is 21.1 Å². The fourth-order valence-corrected chi connectivity index (χ4v) is 2.16. The summed E-state index contributed by atoms with van der Waals surface area (Å²) >= 11 is 6.09. The summed E-state index contributed by atoms with van der Waals surface area (Å²) in [6.07, 6.45) is 2.25. The first-order valence-corrected chi connectivity index (χ1v) is 6.63. The molecule has 102 valence electrons. The van der Waals surface area contributed by atoms with Crippen molar-refractivity contribution < 1.29 is 9.47 Å². The Morgan fingerprint density at radius 3 is 2.67 bits per heavy atom. The van der Waals surface area contributed by atoms with Gasteiger partial charge in [0.2, 0.25) is 0 Å². The lowest BCUT2D eigenvalue weighted by Gasteiger charge is -2.17. The van der Waals surface area contributed by atoms with E-state index in [0.29, 0.717) is 16.8 Å². The molecule has 0 amide bonds. The van der Waals surface area contributed by atoms with E-state index in [9.17, 15) is 0 Å². The molecule has 0 saturated carbocycles. The van der Waals surface area contributed by atoms with Gasteiger partial charge in [-0.1, -0.05) is 31.0 Å². The summed E-state index contributed by atoms with van der Waals surface area (Å²) in [5.74, 6) is 0.711. The molecule has 0 fully saturated rings. The predicted molar refractivity (Wildman–Crippen MR) is 75.4 cm³/mol. The third-order valence-electron chi connectivity index (χ3n) is 2.82. The van der Waals surface area contributed by atoms with E-state index < -0.39 is 0 Å². The van der Waals surface area contributed by atoms with Gasteiger partial charge in [-0.05, 0) is 24.1 Å². The molecule has 0 spiro atoms. The number of methoxy groups -OCH3 is 2. The Labute approximate surface area is 114 Å². The number of benzene rings is 1. The first kappa shape index (κ1) is 15.3. The van der Waals surface area contributed by atoms with Crippen LogP contribution in [-0.4, -0.2) is 26.9 Å². The quantitative estimate of drug-likeness (QED) is 0.787. The van der Waals surface area contributed by atoms with E-state index in [1.165, 1.54) is 0 Å². The third-order valence-corrected chi connectivity index (χ3v) is 3.11. The highest BCUT2D eigenvalue weighted by molar-refractivity contribution is 6.32. The van der Waals surface area contributed by atoms with E-state index in [-0.39, 0.29) is 0 Å². The van der Waals surface area contributed by atoms with Crippen molar-refractivity contribution in [3.8, 4) is 5.75 Å². The SMILES string of the molecule is CCCC(COC)NCc1ccc(OC)c(Cl)c1. The Morgan fingerprint density at radius 2 is 2.11 bits per heavy atom. The average Bonchev–Trinajstić information content (AvgIpc) is 2.36. The third kappa shape index (κ3) is 4.84. The molecule has 0 saturated heterocycles. The van der Waals surface area contributed by atoms with Crippen LogP contribution in [0.1, 0.15) is 25.3 Å². The number of hydrogen-bond acceptors (Lipinski definition) is 3. The van der Waals surface area contributed by atoms with Gasteiger partial charge in [-0.15, -0.1) is 0 Å². The molecule has 1 aromatic carbocycles. The number of rotatable bonds is 8. The van der Waals surface area contributed by atoms with E-state index in [0.717, 1.165) is 31.6 Å². The smallest absolute Gasteiger partial charge is 0.137 e. The number of ether oxygens (including phenoxy) is 2. The van der Waals surface area contributed by atoms with Crippen LogP contribution >= 0.6 is 11.6 Å². The second kappa shape index (κ2) is 8.35. The summed E-state index contributed by atoms with van der Waals surface area (Å²) in [6.45, 7) is 3.70. The largest absolute Gasteiger partial charge is 0.495 e. The highest BCUT2D eigenvalue weighted by Crippen LogP contribution is 2.24. The van der Waals surface area contributed by atoms with Crippen molar-refractivity contribution >= 4 is 11.6 Å². The molecular weight excluding hydrogens is 250 g/mol. The van der Waals surface area contributed by atoms with E-state index in [2.05, 4.69) is 12.2 Å². The monoisotopic (exact) mass is 271 g/mol. The maximum atomic E-state index is 6.09. The molecular formula is C14H22ClNO2. The molecule has 1 N–H and O–H groups in total. The normalized spacial score (nSPS) is 12.4. The van der Waals surface area contributed by atoms with Gasteiger partial charge in [-0.3, -0.25) is 0 Å². The Kier molecular flexibility index (Phi) is 7.09. The Balaban J connectivity index is 2.53. The van der Waals surface area contributed by atoms with Crippen LogP contribution in [0.5, 0.6) is 5.75 Å². The second-order valence-corrected chi connectivity index (χ2v) is 4.70. The zero-order valence-electron chi connectivity index (χ0n) is 11.3. The molecule has 1 aromatic rings. The summed E-state index contributed by atoms with van der Waals surface area (Å²) in [7, 11) is 3.35. The van der Waals surface area contributed by atoms with Crippen LogP contribution in [0.4, 0.5) is 0 Å². The molecule has 0 radical (unpaired) electrons. The van der Waals surface area contributed by atoms with Crippen LogP contribution in [-0.2, 0) is 11.3 Å². The lowest BCUT2D eigenvalue weighted by molar-refractivity contribution is 0.161. The van der Waals surface area contributed by atoms with E-state index in [1.807, 2.05) is 18.2 Å². The zero-order chi connectivity index (χ0) is 13.4. The summed E-state index contributed by atoms with van der Waals surface area (Å²) in [6, 6.07) is 6.24. The van der Waals surface area contributed by atoms with Gasteiger partial charge in [0.25, 0.3) is 0 Å². The minimum atomic E-state index is 0.390. The highest BCUT2D eigenvalue weighted by Gasteiger charge is 2.07. The van der Waals surface area contributed by atoms with Crippen molar-refractivity contribution in [1.82, 2.24) is 5.32 Å². The molecule has 0 heterocycles. The molecule has 1 rings (SSSR count). The van der Waals surface area contributed by atoms with Gasteiger partial charge in [-0.25, -0.2) is 0 Å². The predicted octanol–water partition coefficient (Wildman–Crippen LogP) is 3.25. The van der Waals surface area contributed by atoms with Gasteiger partial charge in [0.15, 0.2) is 0 Å². The van der Waals surface area contributed by atoms with Gasteiger partial charge in [0, 0.05) is 19.7 Å².